The van der Waals surface area contributed by atoms with E-state index < -0.39 is 0 Å². The zero-order valence-corrected chi connectivity index (χ0v) is 17.1. The first kappa shape index (κ1) is 20.4. The Balaban J connectivity index is 1.62. The summed E-state index contributed by atoms with van der Waals surface area (Å²) in [6.07, 6.45) is 7.51. The van der Waals surface area contributed by atoms with Gasteiger partial charge in [0.15, 0.2) is 5.96 Å². The third-order valence-corrected chi connectivity index (χ3v) is 6.41. The number of hydrogen-bond acceptors (Lipinski definition) is 4. The fourth-order valence-electron chi connectivity index (χ4n) is 5.02. The van der Waals surface area contributed by atoms with Gasteiger partial charge in [-0.15, -0.1) is 0 Å². The lowest BCUT2D eigenvalue weighted by atomic mass is 9.54. The van der Waals surface area contributed by atoms with E-state index in [0.29, 0.717) is 18.1 Å². The van der Waals surface area contributed by atoms with Crippen LogP contribution in [0, 0.1) is 11.3 Å². The van der Waals surface area contributed by atoms with Crippen molar-refractivity contribution in [3.63, 3.8) is 0 Å². The van der Waals surface area contributed by atoms with Gasteiger partial charge < -0.3 is 25.0 Å². The molecule has 0 aromatic rings. The first-order chi connectivity index (χ1) is 13.1. The summed E-state index contributed by atoms with van der Waals surface area (Å²) in [7, 11) is 3.53. The average Bonchev–Trinajstić information content (AvgIpc) is 3.31. The molecule has 3 unspecified atom stereocenters. The first-order valence-electron chi connectivity index (χ1n) is 10.5. The van der Waals surface area contributed by atoms with Crippen LogP contribution in [0.3, 0.4) is 0 Å². The van der Waals surface area contributed by atoms with Crippen LogP contribution in [0.15, 0.2) is 4.99 Å². The molecule has 154 valence electrons. The van der Waals surface area contributed by atoms with Crippen LogP contribution in [0.4, 0.5) is 0 Å². The van der Waals surface area contributed by atoms with Crippen LogP contribution in [0.25, 0.3) is 0 Å². The molecule has 3 aliphatic rings. The largest absolute Gasteiger partial charge is 0.382 e. The Hall–Kier alpha value is -1.34. The van der Waals surface area contributed by atoms with Gasteiger partial charge in [-0.25, -0.2) is 4.99 Å². The fourth-order valence-corrected chi connectivity index (χ4v) is 5.02. The Labute approximate surface area is 163 Å². The van der Waals surface area contributed by atoms with Crippen LogP contribution in [-0.4, -0.2) is 75.9 Å². The van der Waals surface area contributed by atoms with Crippen LogP contribution >= 0.6 is 0 Å². The summed E-state index contributed by atoms with van der Waals surface area (Å²) in [4.78, 5) is 18.1. The van der Waals surface area contributed by atoms with Gasteiger partial charge in [0, 0.05) is 57.8 Å². The van der Waals surface area contributed by atoms with Crippen molar-refractivity contribution in [2.45, 2.75) is 57.6 Å². The number of fused-ring (bicyclic) bond motifs is 2. The number of carbonyl (C=O) groups excluding carboxylic acids is 1. The highest BCUT2D eigenvalue weighted by molar-refractivity contribution is 5.85. The molecular weight excluding hydrogens is 344 g/mol. The van der Waals surface area contributed by atoms with Crippen molar-refractivity contribution in [1.82, 2.24) is 15.5 Å². The van der Waals surface area contributed by atoms with E-state index in [1.165, 1.54) is 25.7 Å². The number of aliphatic imine (C=N–C) groups is 1. The summed E-state index contributed by atoms with van der Waals surface area (Å²) >= 11 is 0. The van der Waals surface area contributed by atoms with E-state index in [1.54, 1.807) is 19.0 Å². The highest BCUT2D eigenvalue weighted by Gasteiger charge is 2.65. The van der Waals surface area contributed by atoms with Crippen molar-refractivity contribution < 1.29 is 14.3 Å². The summed E-state index contributed by atoms with van der Waals surface area (Å²) in [5.41, 5.74) is 0.264. The van der Waals surface area contributed by atoms with Crippen molar-refractivity contribution in [1.29, 1.82) is 0 Å². The number of likely N-dealkylation sites (N-methyl/N-ethyl adjacent to an activating group) is 1. The lowest BCUT2D eigenvalue weighted by Crippen LogP contribution is -2.69. The Kier molecular flexibility index (Phi) is 6.98. The molecule has 3 rings (SSSR count). The number of nitrogens with one attached hydrogen (secondary N) is 2. The van der Waals surface area contributed by atoms with E-state index in [0.717, 1.165) is 45.2 Å². The van der Waals surface area contributed by atoms with E-state index >= 15 is 0 Å². The maximum Gasteiger partial charge on any atom is 0.243 e. The molecule has 0 radical (unpaired) electrons. The molecule has 1 heterocycles. The molecule has 2 N–H and O–H groups in total. The van der Waals surface area contributed by atoms with E-state index in [2.05, 4.69) is 15.6 Å². The second-order valence-electron chi connectivity index (χ2n) is 8.24. The molecule has 1 amide bonds. The predicted octanol–water partition coefficient (Wildman–Crippen LogP) is 1.38. The third kappa shape index (κ3) is 4.40. The minimum atomic E-state index is 0.0108. The van der Waals surface area contributed by atoms with Crippen molar-refractivity contribution in [2.75, 3.05) is 47.0 Å². The Morgan fingerprint density at radius 2 is 2.11 bits per heavy atom. The van der Waals surface area contributed by atoms with Gasteiger partial charge >= 0.3 is 0 Å². The topological polar surface area (TPSA) is 75.2 Å². The first-order valence-corrected chi connectivity index (χ1v) is 10.5. The molecule has 0 aromatic heterocycles. The smallest absolute Gasteiger partial charge is 0.243 e. The second kappa shape index (κ2) is 9.24. The SMILES string of the molecule is CCOCCCNC(=NCC(=O)N(C)C)NC1C2CCOC2C12CCCC2. The summed E-state index contributed by atoms with van der Waals surface area (Å²) in [5.74, 6) is 1.34. The highest BCUT2D eigenvalue weighted by atomic mass is 16.5. The molecule has 1 saturated heterocycles. The van der Waals surface area contributed by atoms with Crippen LogP contribution < -0.4 is 10.6 Å². The highest BCUT2D eigenvalue weighted by Crippen LogP contribution is 2.60. The van der Waals surface area contributed by atoms with Crippen molar-refractivity contribution in [3.05, 3.63) is 0 Å². The van der Waals surface area contributed by atoms with E-state index in [9.17, 15) is 4.79 Å². The summed E-state index contributed by atoms with van der Waals surface area (Å²) in [5, 5.41) is 7.10. The summed E-state index contributed by atoms with van der Waals surface area (Å²) in [6, 6.07) is 0.403. The van der Waals surface area contributed by atoms with E-state index in [4.69, 9.17) is 9.47 Å². The molecule has 27 heavy (non-hydrogen) atoms. The zero-order chi connectivity index (χ0) is 19.3. The molecule has 3 fully saturated rings. The number of rotatable bonds is 8. The van der Waals surface area contributed by atoms with Crippen molar-refractivity contribution in [3.8, 4) is 0 Å². The number of hydrogen-bond donors (Lipinski definition) is 2. The van der Waals surface area contributed by atoms with Gasteiger partial charge in [-0.2, -0.15) is 0 Å². The summed E-state index contributed by atoms with van der Waals surface area (Å²) < 4.78 is 11.5. The standard InChI is InChI=1S/C20H36N4O3/c1-4-26-12-7-11-21-19(22-14-16(25)24(2)3)23-17-15-8-13-27-18(15)20(17)9-5-6-10-20/h15,17-18H,4-14H2,1-3H3,(H2,21,22,23). The number of nitrogens with zero attached hydrogens (tertiary/aromatic N) is 2. The Bertz CT molecular complexity index is 531. The molecular formula is C20H36N4O3. The Morgan fingerprint density at radius 1 is 1.33 bits per heavy atom. The van der Waals surface area contributed by atoms with Crippen LogP contribution in [0.5, 0.6) is 0 Å². The molecule has 0 bridgehead atoms. The molecule has 0 aromatic carbocycles. The quantitative estimate of drug-likeness (QED) is 0.378. The lowest BCUT2D eigenvalue weighted by Gasteiger charge is -2.57. The molecule has 1 spiro atoms. The van der Waals surface area contributed by atoms with Gasteiger partial charge in [-0.3, -0.25) is 4.79 Å². The van der Waals surface area contributed by atoms with Gasteiger partial charge in [0.2, 0.25) is 5.91 Å². The number of carbonyl (C=O) groups is 1. The minimum Gasteiger partial charge on any atom is -0.382 e. The molecule has 2 saturated carbocycles. The number of amides is 1. The van der Waals surface area contributed by atoms with Gasteiger partial charge in [-0.05, 0) is 32.6 Å². The second-order valence-corrected chi connectivity index (χ2v) is 8.24. The van der Waals surface area contributed by atoms with Gasteiger partial charge in [0.1, 0.15) is 6.54 Å². The maximum atomic E-state index is 12.0. The Morgan fingerprint density at radius 3 is 2.81 bits per heavy atom. The van der Waals surface area contributed by atoms with Gasteiger partial charge in [0.25, 0.3) is 0 Å². The predicted molar refractivity (Wildman–Crippen MR) is 106 cm³/mol. The number of guanidine groups is 1. The van der Waals surface area contributed by atoms with Crippen molar-refractivity contribution >= 4 is 11.9 Å². The summed E-state index contributed by atoms with van der Waals surface area (Å²) in [6.45, 7) is 5.31. The molecule has 3 atom stereocenters. The third-order valence-electron chi connectivity index (χ3n) is 6.41. The minimum absolute atomic E-state index is 0.0108. The maximum absolute atomic E-state index is 12.0. The van der Waals surface area contributed by atoms with E-state index in [1.807, 2.05) is 6.92 Å². The normalized spacial score (nSPS) is 28.7. The molecule has 7 heteroatoms. The van der Waals surface area contributed by atoms with Crippen LogP contribution in [0.2, 0.25) is 0 Å². The number of ether oxygens (including phenoxy) is 2. The zero-order valence-electron chi connectivity index (χ0n) is 17.1. The van der Waals surface area contributed by atoms with E-state index in [-0.39, 0.29) is 17.9 Å². The van der Waals surface area contributed by atoms with Gasteiger partial charge in [0.05, 0.1) is 6.10 Å². The molecule has 2 aliphatic carbocycles. The lowest BCUT2D eigenvalue weighted by molar-refractivity contribution is -0.127. The molecule has 1 aliphatic heterocycles. The molecule has 7 nitrogen and oxygen atoms in total. The van der Waals surface area contributed by atoms with Crippen LogP contribution in [-0.2, 0) is 14.3 Å². The fraction of sp³-hybridized carbons (Fsp3) is 0.900. The van der Waals surface area contributed by atoms with Crippen molar-refractivity contribution in [2.24, 2.45) is 16.3 Å². The van der Waals surface area contributed by atoms with Gasteiger partial charge in [-0.1, -0.05) is 12.8 Å². The average molecular weight is 381 g/mol. The van der Waals surface area contributed by atoms with Crippen LogP contribution in [0.1, 0.15) is 45.4 Å². The monoisotopic (exact) mass is 380 g/mol.